The Morgan fingerprint density at radius 1 is 1.24 bits per heavy atom. The van der Waals surface area contributed by atoms with Gasteiger partial charge in [0.05, 0.1) is 5.69 Å². The van der Waals surface area contributed by atoms with E-state index in [1.807, 2.05) is 39.5 Å². The van der Waals surface area contributed by atoms with E-state index in [0.29, 0.717) is 36.4 Å². The first kappa shape index (κ1) is 23.4. The first-order valence-electron chi connectivity index (χ1n) is 11.1. The predicted molar refractivity (Wildman–Crippen MR) is 113 cm³/mol. The molecule has 1 saturated carbocycles. The molecule has 0 radical (unpaired) electrons. The summed E-state index contributed by atoms with van der Waals surface area (Å²) in [7, 11) is 0. The van der Waals surface area contributed by atoms with Crippen LogP contribution >= 0.6 is 0 Å². The molecule has 182 valence electrons. The fourth-order valence-corrected chi connectivity index (χ4v) is 4.53. The molecule has 0 unspecified atom stereocenters. The van der Waals surface area contributed by atoms with Gasteiger partial charge in [-0.05, 0) is 51.4 Å². The monoisotopic (exact) mass is 470 g/mol. The summed E-state index contributed by atoms with van der Waals surface area (Å²) in [5, 5.41) is 7.15. The Bertz CT molecular complexity index is 1030. The second-order valence-electron chi connectivity index (χ2n) is 10.0. The zero-order valence-electron chi connectivity index (χ0n) is 19.3. The molecule has 3 heterocycles. The van der Waals surface area contributed by atoms with Gasteiger partial charge in [-0.2, -0.15) is 9.50 Å². The number of halogens is 3. The highest BCUT2D eigenvalue weighted by molar-refractivity contribution is 5.69. The number of alkyl halides is 3. The summed E-state index contributed by atoms with van der Waals surface area (Å²) in [6.07, 6.45) is -3.41. The number of rotatable bonds is 5. The molecule has 2 fully saturated rings. The number of piperidine rings is 1. The third-order valence-corrected chi connectivity index (χ3v) is 5.97. The number of hydrogen-bond donors (Lipinski definition) is 1. The lowest BCUT2D eigenvalue weighted by Crippen LogP contribution is -2.44. The molecule has 33 heavy (non-hydrogen) atoms. The fraction of sp³-hybridized carbons (Fsp3) is 0.714. The van der Waals surface area contributed by atoms with Crippen LogP contribution in [-0.2, 0) is 4.74 Å². The fourth-order valence-electron chi connectivity index (χ4n) is 4.53. The van der Waals surface area contributed by atoms with Crippen molar-refractivity contribution in [2.45, 2.75) is 71.4 Å². The maximum absolute atomic E-state index is 12.6. The van der Waals surface area contributed by atoms with E-state index in [1.54, 1.807) is 6.07 Å². The Hall–Kier alpha value is -2.79. The van der Waals surface area contributed by atoms with Crippen LogP contribution in [0.2, 0.25) is 0 Å². The topological polar surface area (TPSA) is 93.9 Å². The smallest absolute Gasteiger partial charge is 0.444 e. The van der Waals surface area contributed by atoms with Gasteiger partial charge in [0.1, 0.15) is 11.4 Å². The Morgan fingerprint density at radius 3 is 2.55 bits per heavy atom. The summed E-state index contributed by atoms with van der Waals surface area (Å²) in [4.78, 5) is 22.4. The quantitative estimate of drug-likeness (QED) is 0.700. The number of likely N-dealkylation sites (tertiary alicyclic amines) is 1. The van der Waals surface area contributed by atoms with Crippen LogP contribution in [0.25, 0.3) is 5.78 Å². The van der Waals surface area contributed by atoms with Crippen LogP contribution in [0, 0.1) is 11.8 Å². The molecule has 1 aliphatic carbocycles. The molecule has 1 amide bonds. The number of aromatic nitrogens is 4. The maximum atomic E-state index is 12.6. The van der Waals surface area contributed by atoms with Crippen LogP contribution < -0.4 is 10.1 Å². The van der Waals surface area contributed by atoms with Crippen LogP contribution in [0.15, 0.2) is 6.07 Å². The van der Waals surface area contributed by atoms with Crippen molar-refractivity contribution >= 4 is 17.7 Å². The highest BCUT2D eigenvalue weighted by atomic mass is 19.4. The van der Waals surface area contributed by atoms with Gasteiger partial charge in [-0.1, -0.05) is 13.8 Å². The minimum absolute atomic E-state index is 0.0343. The van der Waals surface area contributed by atoms with Crippen molar-refractivity contribution in [3.05, 3.63) is 11.8 Å². The largest absolute Gasteiger partial charge is 0.575 e. The van der Waals surface area contributed by atoms with Gasteiger partial charge < -0.3 is 19.7 Å². The number of ether oxygens (including phenoxy) is 2. The van der Waals surface area contributed by atoms with Gasteiger partial charge in [0, 0.05) is 25.2 Å². The second-order valence-corrected chi connectivity index (χ2v) is 10.0. The molecule has 2 aromatic rings. The summed E-state index contributed by atoms with van der Waals surface area (Å²) < 4.78 is 48.4. The maximum Gasteiger partial charge on any atom is 0.575 e. The summed E-state index contributed by atoms with van der Waals surface area (Å²) >= 11 is 0. The number of anilines is 1. The van der Waals surface area contributed by atoms with Crippen LogP contribution in [0.1, 0.15) is 59.1 Å². The van der Waals surface area contributed by atoms with Gasteiger partial charge in [-0.25, -0.2) is 9.78 Å². The van der Waals surface area contributed by atoms with Gasteiger partial charge in [-0.15, -0.1) is 18.3 Å². The van der Waals surface area contributed by atoms with E-state index in [9.17, 15) is 18.0 Å². The molecule has 9 nitrogen and oxygen atoms in total. The third-order valence-electron chi connectivity index (χ3n) is 5.97. The van der Waals surface area contributed by atoms with E-state index >= 15 is 0 Å². The Morgan fingerprint density at radius 2 is 1.97 bits per heavy atom. The molecule has 2 aliphatic rings. The molecule has 0 spiro atoms. The van der Waals surface area contributed by atoms with Gasteiger partial charge in [0.15, 0.2) is 0 Å². The number of nitrogens with zero attached hydrogens (tertiary/aromatic N) is 5. The zero-order valence-corrected chi connectivity index (χ0v) is 19.3. The minimum atomic E-state index is -4.89. The van der Waals surface area contributed by atoms with E-state index in [-0.39, 0.29) is 23.8 Å². The standard InChI is InChI=1S/C21H29F3N6O3/c1-11(2)15-8-16(30-17(26-15)27-18(28-30)32-21(22,23)24)25-9-12-6-14-7-13(12)10-29(14)19(31)33-20(3,4)5/h8,11-14,25H,6-7,9-10H2,1-5H3/t12-,13-,14+/m0/s1. The van der Waals surface area contributed by atoms with Gasteiger partial charge in [0.2, 0.25) is 0 Å². The molecule has 4 rings (SSSR count). The molecule has 0 aromatic carbocycles. The first-order chi connectivity index (χ1) is 15.3. The number of carbonyl (C=O) groups is 1. The highest BCUT2D eigenvalue weighted by Crippen LogP contribution is 2.42. The molecule has 12 heteroatoms. The average molecular weight is 470 g/mol. The lowest BCUT2D eigenvalue weighted by Gasteiger charge is -2.33. The molecular formula is C21H29F3N6O3. The normalized spacial score (nSPS) is 22.9. The van der Waals surface area contributed by atoms with Crippen LogP contribution in [-0.4, -0.2) is 61.7 Å². The second kappa shape index (κ2) is 8.21. The average Bonchev–Trinajstić information content (AvgIpc) is 3.36. The van der Waals surface area contributed by atoms with Crippen LogP contribution in [0.5, 0.6) is 6.01 Å². The lowest BCUT2D eigenvalue weighted by atomic mass is 9.94. The van der Waals surface area contributed by atoms with Gasteiger partial charge >= 0.3 is 18.5 Å². The van der Waals surface area contributed by atoms with E-state index < -0.39 is 18.0 Å². The molecule has 2 bridgehead atoms. The van der Waals surface area contributed by atoms with Crippen molar-refractivity contribution in [1.29, 1.82) is 0 Å². The van der Waals surface area contributed by atoms with Crippen molar-refractivity contribution < 1.29 is 27.4 Å². The van der Waals surface area contributed by atoms with Crippen molar-refractivity contribution in [2.24, 2.45) is 11.8 Å². The molecule has 3 atom stereocenters. The van der Waals surface area contributed by atoms with Crippen molar-refractivity contribution in [3.63, 3.8) is 0 Å². The van der Waals surface area contributed by atoms with Gasteiger partial charge in [0.25, 0.3) is 5.78 Å². The number of hydrogen-bond acceptors (Lipinski definition) is 7. The van der Waals surface area contributed by atoms with E-state index in [4.69, 9.17) is 4.74 Å². The molecule has 1 N–H and O–H groups in total. The van der Waals surface area contributed by atoms with Crippen molar-refractivity contribution in [3.8, 4) is 6.01 Å². The Balaban J connectivity index is 1.46. The number of carbonyl (C=O) groups excluding carboxylic acids is 1. The molecular weight excluding hydrogens is 441 g/mol. The van der Waals surface area contributed by atoms with E-state index in [0.717, 1.165) is 12.8 Å². The number of fused-ring (bicyclic) bond motifs is 3. The lowest BCUT2D eigenvalue weighted by molar-refractivity contribution is -0.277. The summed E-state index contributed by atoms with van der Waals surface area (Å²) in [5.74, 6) is 1.22. The molecule has 2 aromatic heterocycles. The first-order valence-corrected chi connectivity index (χ1v) is 11.1. The SMILES string of the molecule is CC(C)c1cc(NC[C@@H]2C[C@@H]3C[C@H]2CN3C(=O)OC(C)(C)C)n2nc(OC(F)(F)F)nc2n1. The minimum Gasteiger partial charge on any atom is -0.444 e. The zero-order chi connectivity index (χ0) is 24.1. The van der Waals surface area contributed by atoms with Crippen LogP contribution in [0.4, 0.5) is 23.8 Å². The number of nitrogens with one attached hydrogen (secondary N) is 1. The summed E-state index contributed by atoms with van der Waals surface area (Å²) in [6, 6.07) is 1.11. The summed E-state index contributed by atoms with van der Waals surface area (Å²) in [5.41, 5.74) is 0.146. The van der Waals surface area contributed by atoms with Gasteiger partial charge in [-0.3, -0.25) is 0 Å². The van der Waals surface area contributed by atoms with E-state index in [1.165, 1.54) is 4.52 Å². The molecule has 1 aliphatic heterocycles. The van der Waals surface area contributed by atoms with Crippen molar-refractivity contribution in [2.75, 3.05) is 18.4 Å². The number of amides is 1. The molecule has 1 saturated heterocycles. The predicted octanol–water partition coefficient (Wildman–Crippen LogP) is 4.20. The Labute approximate surface area is 189 Å². The summed E-state index contributed by atoms with van der Waals surface area (Å²) in [6.45, 7) is 10.7. The Kier molecular flexibility index (Phi) is 5.81. The third kappa shape index (κ3) is 5.25. The van der Waals surface area contributed by atoms with E-state index in [2.05, 4.69) is 25.1 Å². The van der Waals surface area contributed by atoms with Crippen molar-refractivity contribution in [1.82, 2.24) is 24.5 Å². The van der Waals surface area contributed by atoms with Crippen LogP contribution in [0.3, 0.4) is 0 Å². The highest BCUT2D eigenvalue weighted by Gasteiger charge is 2.47.